The highest BCUT2D eigenvalue weighted by Crippen LogP contribution is 2.28. The van der Waals surface area contributed by atoms with Gasteiger partial charge in [-0.1, -0.05) is 31.0 Å². The van der Waals surface area contributed by atoms with Crippen molar-refractivity contribution in [2.45, 2.75) is 44.7 Å². The second kappa shape index (κ2) is 7.14. The van der Waals surface area contributed by atoms with E-state index in [1.807, 2.05) is 6.07 Å². The number of hydrogen-bond acceptors (Lipinski definition) is 2. The summed E-state index contributed by atoms with van der Waals surface area (Å²) in [6, 6.07) is 7.21. The first-order valence-corrected chi connectivity index (χ1v) is 7.39. The predicted octanol–water partition coefficient (Wildman–Crippen LogP) is 3.57. The molecule has 2 N–H and O–H groups in total. The molecule has 112 valence electrons. The van der Waals surface area contributed by atoms with Crippen molar-refractivity contribution >= 4 is 0 Å². The average Bonchev–Trinajstić information content (AvgIpc) is 2.47. The van der Waals surface area contributed by atoms with Crippen molar-refractivity contribution in [3.63, 3.8) is 0 Å². The van der Waals surface area contributed by atoms with Gasteiger partial charge in [0.25, 0.3) is 6.43 Å². The minimum absolute atomic E-state index is 0.106. The molecule has 0 bridgehead atoms. The SMILES string of the molecule is CN(Cc1cccc(C(F)F)c1)C1CCCCC1CN. The molecule has 2 nitrogen and oxygen atoms in total. The topological polar surface area (TPSA) is 29.3 Å². The third kappa shape index (κ3) is 3.76. The molecule has 1 fully saturated rings. The standard InChI is InChI=1S/C16H24F2N2/c1-20(15-8-3-2-6-14(15)10-19)11-12-5-4-7-13(9-12)16(17)18/h4-5,7,9,14-16H,2-3,6,8,10-11,19H2,1H3. The van der Waals surface area contributed by atoms with Crippen LogP contribution >= 0.6 is 0 Å². The fourth-order valence-corrected chi connectivity index (χ4v) is 3.28. The number of rotatable bonds is 5. The molecule has 0 aliphatic heterocycles. The van der Waals surface area contributed by atoms with Gasteiger partial charge in [-0.25, -0.2) is 8.78 Å². The second-order valence-corrected chi connectivity index (χ2v) is 5.81. The van der Waals surface area contributed by atoms with E-state index in [4.69, 9.17) is 5.73 Å². The van der Waals surface area contributed by atoms with Gasteiger partial charge in [0.05, 0.1) is 0 Å². The molecule has 0 amide bonds. The molecule has 0 heterocycles. The summed E-state index contributed by atoms with van der Waals surface area (Å²) in [5.41, 5.74) is 6.92. The summed E-state index contributed by atoms with van der Waals surface area (Å²) in [6.07, 6.45) is 2.44. The van der Waals surface area contributed by atoms with E-state index in [9.17, 15) is 8.78 Å². The summed E-state index contributed by atoms with van der Waals surface area (Å²) >= 11 is 0. The third-order valence-corrected chi connectivity index (χ3v) is 4.37. The summed E-state index contributed by atoms with van der Waals surface area (Å²) in [5, 5.41) is 0. The first kappa shape index (κ1) is 15.4. The molecule has 1 aromatic carbocycles. The van der Waals surface area contributed by atoms with E-state index in [1.54, 1.807) is 12.1 Å². The van der Waals surface area contributed by atoms with Crippen LogP contribution in [0.2, 0.25) is 0 Å². The Bertz CT molecular complexity index is 423. The van der Waals surface area contributed by atoms with Crippen molar-refractivity contribution < 1.29 is 8.78 Å². The van der Waals surface area contributed by atoms with Crippen molar-refractivity contribution in [1.29, 1.82) is 0 Å². The molecule has 1 saturated carbocycles. The number of nitrogens with zero attached hydrogens (tertiary/aromatic N) is 1. The molecule has 20 heavy (non-hydrogen) atoms. The number of benzene rings is 1. The summed E-state index contributed by atoms with van der Waals surface area (Å²) in [7, 11) is 2.08. The molecule has 0 aromatic heterocycles. The van der Waals surface area contributed by atoms with Crippen molar-refractivity contribution in [3.8, 4) is 0 Å². The Hall–Kier alpha value is -1.00. The maximum atomic E-state index is 12.7. The monoisotopic (exact) mass is 282 g/mol. The largest absolute Gasteiger partial charge is 0.330 e. The minimum Gasteiger partial charge on any atom is -0.330 e. The molecule has 2 atom stereocenters. The number of nitrogens with two attached hydrogens (primary N) is 1. The lowest BCUT2D eigenvalue weighted by atomic mass is 9.83. The lowest BCUT2D eigenvalue weighted by molar-refractivity contribution is 0.127. The van der Waals surface area contributed by atoms with Crippen LogP contribution in [0, 0.1) is 5.92 Å². The zero-order chi connectivity index (χ0) is 14.5. The maximum absolute atomic E-state index is 12.7. The third-order valence-electron chi connectivity index (χ3n) is 4.37. The molecule has 1 aliphatic carbocycles. The van der Waals surface area contributed by atoms with E-state index >= 15 is 0 Å². The van der Waals surface area contributed by atoms with Crippen LogP contribution in [0.15, 0.2) is 24.3 Å². The van der Waals surface area contributed by atoms with E-state index in [1.165, 1.54) is 25.3 Å². The first-order chi connectivity index (χ1) is 9.61. The van der Waals surface area contributed by atoms with Crippen molar-refractivity contribution in [2.24, 2.45) is 11.7 Å². The molecule has 1 aliphatic rings. The fraction of sp³-hybridized carbons (Fsp3) is 0.625. The molecule has 0 radical (unpaired) electrons. The Labute approximate surface area is 120 Å². The van der Waals surface area contributed by atoms with Crippen LogP contribution in [0.3, 0.4) is 0 Å². The number of hydrogen-bond donors (Lipinski definition) is 1. The van der Waals surface area contributed by atoms with Gasteiger partial charge >= 0.3 is 0 Å². The molecular weight excluding hydrogens is 258 g/mol. The molecule has 2 unspecified atom stereocenters. The highest BCUT2D eigenvalue weighted by Gasteiger charge is 2.27. The number of halogens is 2. The van der Waals surface area contributed by atoms with Crippen molar-refractivity contribution in [1.82, 2.24) is 4.90 Å². The maximum Gasteiger partial charge on any atom is 0.263 e. The van der Waals surface area contributed by atoms with E-state index in [0.29, 0.717) is 25.0 Å². The van der Waals surface area contributed by atoms with Crippen LogP contribution in [0.5, 0.6) is 0 Å². The van der Waals surface area contributed by atoms with Gasteiger partial charge in [0.15, 0.2) is 0 Å². The first-order valence-electron chi connectivity index (χ1n) is 7.39. The molecule has 2 rings (SSSR count). The molecule has 0 saturated heterocycles. The van der Waals surface area contributed by atoms with Gasteiger partial charge in [0.1, 0.15) is 0 Å². The Kier molecular flexibility index (Phi) is 5.49. The van der Waals surface area contributed by atoms with Crippen LogP contribution < -0.4 is 5.73 Å². The van der Waals surface area contributed by atoms with E-state index < -0.39 is 6.43 Å². The van der Waals surface area contributed by atoms with E-state index in [0.717, 1.165) is 12.0 Å². The van der Waals surface area contributed by atoms with Gasteiger partial charge in [-0.2, -0.15) is 0 Å². The zero-order valence-electron chi connectivity index (χ0n) is 12.1. The lowest BCUT2D eigenvalue weighted by Gasteiger charge is -2.37. The van der Waals surface area contributed by atoms with Gasteiger partial charge in [-0.15, -0.1) is 0 Å². The Morgan fingerprint density at radius 2 is 2.05 bits per heavy atom. The summed E-state index contributed by atoms with van der Waals surface area (Å²) < 4.78 is 25.5. The molecule has 4 heteroatoms. The number of alkyl halides is 2. The highest BCUT2D eigenvalue weighted by molar-refractivity contribution is 5.24. The van der Waals surface area contributed by atoms with Crippen LogP contribution in [0.25, 0.3) is 0 Å². The van der Waals surface area contributed by atoms with Crippen LogP contribution in [-0.4, -0.2) is 24.5 Å². The van der Waals surface area contributed by atoms with E-state index in [2.05, 4.69) is 11.9 Å². The van der Waals surface area contributed by atoms with Gasteiger partial charge in [-0.3, -0.25) is 4.90 Å². The smallest absolute Gasteiger partial charge is 0.263 e. The summed E-state index contributed by atoms with van der Waals surface area (Å²) in [6.45, 7) is 1.42. The van der Waals surface area contributed by atoms with Gasteiger partial charge in [0, 0.05) is 18.2 Å². The fourth-order valence-electron chi connectivity index (χ4n) is 3.28. The Morgan fingerprint density at radius 3 is 2.75 bits per heavy atom. The Morgan fingerprint density at radius 1 is 1.30 bits per heavy atom. The van der Waals surface area contributed by atoms with E-state index in [-0.39, 0.29) is 5.56 Å². The average molecular weight is 282 g/mol. The lowest BCUT2D eigenvalue weighted by Crippen LogP contribution is -2.42. The van der Waals surface area contributed by atoms with Crippen molar-refractivity contribution in [3.05, 3.63) is 35.4 Å². The van der Waals surface area contributed by atoms with Crippen molar-refractivity contribution in [2.75, 3.05) is 13.6 Å². The van der Waals surface area contributed by atoms with Gasteiger partial charge < -0.3 is 5.73 Å². The molecular formula is C16H24F2N2. The quantitative estimate of drug-likeness (QED) is 0.894. The highest BCUT2D eigenvalue weighted by atomic mass is 19.3. The summed E-state index contributed by atoms with van der Waals surface area (Å²) in [4.78, 5) is 2.28. The second-order valence-electron chi connectivity index (χ2n) is 5.81. The van der Waals surface area contributed by atoms with Crippen LogP contribution in [-0.2, 0) is 6.54 Å². The zero-order valence-corrected chi connectivity index (χ0v) is 12.1. The summed E-state index contributed by atoms with van der Waals surface area (Å²) in [5.74, 6) is 0.534. The van der Waals surface area contributed by atoms with Crippen LogP contribution in [0.1, 0.15) is 43.2 Å². The van der Waals surface area contributed by atoms with Gasteiger partial charge in [-0.05, 0) is 44.0 Å². The minimum atomic E-state index is -2.40. The Balaban J connectivity index is 2.02. The molecule has 1 aromatic rings. The van der Waals surface area contributed by atoms with Gasteiger partial charge in [0.2, 0.25) is 0 Å². The van der Waals surface area contributed by atoms with Crippen LogP contribution in [0.4, 0.5) is 8.78 Å². The normalized spacial score (nSPS) is 23.5. The molecule has 0 spiro atoms. The predicted molar refractivity (Wildman–Crippen MR) is 77.7 cm³/mol.